The van der Waals surface area contributed by atoms with Gasteiger partial charge in [-0.05, 0) is 55.3 Å². The van der Waals surface area contributed by atoms with Crippen LogP contribution in [0.2, 0.25) is 0 Å². The number of halogens is 1. The van der Waals surface area contributed by atoms with E-state index in [1.165, 1.54) is 16.3 Å². The van der Waals surface area contributed by atoms with Crippen LogP contribution in [0.3, 0.4) is 0 Å². The molecule has 2 atom stereocenters. The van der Waals surface area contributed by atoms with Gasteiger partial charge in [-0.25, -0.2) is 0 Å². The molecule has 0 aliphatic carbocycles. The van der Waals surface area contributed by atoms with Crippen molar-refractivity contribution in [3.8, 4) is 0 Å². The summed E-state index contributed by atoms with van der Waals surface area (Å²) in [5.74, 6) is 0. The van der Waals surface area contributed by atoms with Gasteiger partial charge in [-0.1, -0.05) is 12.1 Å². The van der Waals surface area contributed by atoms with E-state index in [1.807, 2.05) is 24.5 Å². The van der Waals surface area contributed by atoms with Crippen LogP contribution in [0, 0.1) is 0 Å². The molecule has 5 heteroatoms. The van der Waals surface area contributed by atoms with E-state index < -0.39 is 6.10 Å². The van der Waals surface area contributed by atoms with Crippen molar-refractivity contribution in [3.05, 3.63) is 66.4 Å². The van der Waals surface area contributed by atoms with Crippen LogP contribution in [0.4, 0.5) is 0 Å². The summed E-state index contributed by atoms with van der Waals surface area (Å²) >= 11 is 0. The molecule has 25 heavy (non-hydrogen) atoms. The Morgan fingerprint density at radius 3 is 2.84 bits per heavy atom. The van der Waals surface area contributed by atoms with Crippen molar-refractivity contribution in [2.75, 3.05) is 0 Å². The first-order valence-corrected chi connectivity index (χ1v) is 8.48. The molecule has 1 aromatic carbocycles. The lowest BCUT2D eigenvalue weighted by Crippen LogP contribution is -2.25. The Morgan fingerprint density at radius 1 is 1.16 bits per heavy atom. The normalized spacial score (nSPS) is 13.4. The Bertz CT molecular complexity index is 761. The van der Waals surface area contributed by atoms with Crippen molar-refractivity contribution >= 4 is 23.2 Å². The minimum Gasteiger partial charge on any atom is -0.472 e. The molecule has 0 bridgehead atoms. The molecule has 0 spiro atoms. The van der Waals surface area contributed by atoms with Gasteiger partial charge in [0.2, 0.25) is 0 Å². The highest BCUT2D eigenvalue weighted by molar-refractivity contribution is 5.85. The SMILES string of the molecule is C[C@H](CCCC(O)c1ccoc1)NCc1ccc2cnccc2c1.Cl. The van der Waals surface area contributed by atoms with Crippen molar-refractivity contribution in [2.24, 2.45) is 0 Å². The Kier molecular flexibility index (Phi) is 7.44. The minimum atomic E-state index is -0.426. The fourth-order valence-electron chi connectivity index (χ4n) is 2.89. The van der Waals surface area contributed by atoms with E-state index in [2.05, 4.69) is 35.4 Å². The zero-order valence-corrected chi connectivity index (χ0v) is 15.2. The molecule has 3 rings (SSSR count). The molecule has 2 heterocycles. The number of pyridine rings is 1. The molecule has 0 aliphatic rings. The molecule has 0 aliphatic heterocycles. The average Bonchev–Trinajstić information content (AvgIpc) is 3.14. The maximum Gasteiger partial charge on any atom is 0.0960 e. The van der Waals surface area contributed by atoms with Crippen LogP contribution in [0.5, 0.6) is 0 Å². The summed E-state index contributed by atoms with van der Waals surface area (Å²) in [6.45, 7) is 3.04. The number of hydrogen-bond donors (Lipinski definition) is 2. The fraction of sp³-hybridized carbons (Fsp3) is 0.350. The lowest BCUT2D eigenvalue weighted by molar-refractivity contribution is 0.161. The Morgan fingerprint density at radius 2 is 2.04 bits per heavy atom. The van der Waals surface area contributed by atoms with Crippen molar-refractivity contribution in [2.45, 2.75) is 44.9 Å². The zero-order chi connectivity index (χ0) is 16.8. The number of aliphatic hydroxyl groups is 1. The van der Waals surface area contributed by atoms with E-state index in [0.717, 1.165) is 31.4 Å². The quantitative estimate of drug-likeness (QED) is 0.614. The lowest BCUT2D eigenvalue weighted by Gasteiger charge is -2.15. The van der Waals surface area contributed by atoms with Crippen LogP contribution < -0.4 is 5.32 Å². The van der Waals surface area contributed by atoms with E-state index in [9.17, 15) is 5.11 Å². The first-order chi connectivity index (χ1) is 11.7. The van der Waals surface area contributed by atoms with Gasteiger partial charge in [0.15, 0.2) is 0 Å². The summed E-state index contributed by atoms with van der Waals surface area (Å²) in [6.07, 6.45) is 9.27. The number of aromatic nitrogens is 1. The van der Waals surface area contributed by atoms with Crippen LogP contribution in [0.25, 0.3) is 10.8 Å². The largest absolute Gasteiger partial charge is 0.472 e. The number of rotatable bonds is 8. The van der Waals surface area contributed by atoms with Gasteiger partial charge in [0.1, 0.15) is 0 Å². The fourth-order valence-corrected chi connectivity index (χ4v) is 2.89. The molecule has 2 N–H and O–H groups in total. The van der Waals surface area contributed by atoms with Crippen LogP contribution in [-0.4, -0.2) is 16.1 Å². The van der Waals surface area contributed by atoms with Crippen molar-refractivity contribution < 1.29 is 9.52 Å². The predicted molar refractivity (Wildman–Crippen MR) is 103 cm³/mol. The van der Waals surface area contributed by atoms with E-state index in [4.69, 9.17) is 4.42 Å². The summed E-state index contributed by atoms with van der Waals surface area (Å²) in [4.78, 5) is 4.14. The molecule has 0 fully saturated rings. The molecule has 0 amide bonds. The summed E-state index contributed by atoms with van der Waals surface area (Å²) in [6, 6.07) is 10.7. The van der Waals surface area contributed by atoms with Gasteiger partial charge in [-0.2, -0.15) is 0 Å². The van der Waals surface area contributed by atoms with E-state index in [-0.39, 0.29) is 12.4 Å². The smallest absolute Gasteiger partial charge is 0.0960 e. The second kappa shape index (κ2) is 9.56. The number of benzene rings is 1. The van der Waals surface area contributed by atoms with Gasteiger partial charge in [-0.3, -0.25) is 4.98 Å². The second-order valence-electron chi connectivity index (χ2n) is 6.34. The average molecular weight is 361 g/mol. The zero-order valence-electron chi connectivity index (χ0n) is 14.4. The summed E-state index contributed by atoms with van der Waals surface area (Å²) in [5, 5.41) is 16.0. The predicted octanol–water partition coefficient (Wildman–Crippen LogP) is 4.63. The molecular weight excluding hydrogens is 336 g/mol. The maximum atomic E-state index is 10.0. The monoisotopic (exact) mass is 360 g/mol. The van der Waals surface area contributed by atoms with Crippen LogP contribution in [-0.2, 0) is 6.54 Å². The van der Waals surface area contributed by atoms with Gasteiger partial charge in [0.05, 0.1) is 18.6 Å². The van der Waals surface area contributed by atoms with Crippen LogP contribution in [0.1, 0.15) is 43.4 Å². The van der Waals surface area contributed by atoms with Gasteiger partial charge in [-0.15, -0.1) is 12.4 Å². The van der Waals surface area contributed by atoms with Crippen molar-refractivity contribution in [1.82, 2.24) is 10.3 Å². The number of nitrogens with zero attached hydrogens (tertiary/aromatic N) is 1. The molecule has 1 unspecified atom stereocenters. The third-order valence-corrected chi connectivity index (χ3v) is 4.40. The molecule has 4 nitrogen and oxygen atoms in total. The third-order valence-electron chi connectivity index (χ3n) is 4.40. The lowest BCUT2D eigenvalue weighted by atomic mass is 10.0. The second-order valence-corrected chi connectivity index (χ2v) is 6.34. The van der Waals surface area contributed by atoms with Gasteiger partial charge in [0.25, 0.3) is 0 Å². The molecule has 0 saturated carbocycles. The van der Waals surface area contributed by atoms with Gasteiger partial charge in [0, 0.05) is 35.9 Å². The minimum absolute atomic E-state index is 0. The summed E-state index contributed by atoms with van der Waals surface area (Å²) in [5.41, 5.74) is 2.14. The summed E-state index contributed by atoms with van der Waals surface area (Å²) in [7, 11) is 0. The number of hydrogen-bond acceptors (Lipinski definition) is 4. The Labute approximate surface area is 154 Å². The molecule has 134 valence electrons. The molecular formula is C20H25ClN2O2. The molecule has 0 saturated heterocycles. The van der Waals surface area contributed by atoms with Crippen molar-refractivity contribution in [1.29, 1.82) is 0 Å². The number of furan rings is 1. The number of nitrogens with one attached hydrogen (secondary N) is 1. The van der Waals surface area contributed by atoms with Crippen LogP contribution in [0.15, 0.2) is 59.7 Å². The molecule has 2 aromatic heterocycles. The third kappa shape index (κ3) is 5.56. The number of fused-ring (bicyclic) bond motifs is 1. The van der Waals surface area contributed by atoms with Crippen molar-refractivity contribution in [3.63, 3.8) is 0 Å². The molecule has 0 radical (unpaired) electrons. The first kappa shape index (κ1) is 19.4. The maximum absolute atomic E-state index is 10.0. The topological polar surface area (TPSA) is 58.3 Å². The van der Waals surface area contributed by atoms with Crippen LogP contribution >= 0.6 is 12.4 Å². The highest BCUT2D eigenvalue weighted by Crippen LogP contribution is 2.20. The Balaban J connectivity index is 0.00000225. The number of aliphatic hydroxyl groups excluding tert-OH is 1. The summed E-state index contributed by atoms with van der Waals surface area (Å²) < 4.78 is 5.00. The molecule has 3 aromatic rings. The van der Waals surface area contributed by atoms with Gasteiger partial charge < -0.3 is 14.8 Å². The first-order valence-electron chi connectivity index (χ1n) is 8.48. The highest BCUT2D eigenvalue weighted by Gasteiger charge is 2.09. The standard InChI is InChI=1S/C20H24N2O2.ClH/c1-15(3-2-4-20(23)19-8-10-24-14-19)22-12-16-5-6-18-13-21-9-7-17(18)11-16;/h5-11,13-15,20,22-23H,2-4,12H2,1H3;1H/t15-,20?;/m1./s1. The van der Waals surface area contributed by atoms with E-state index >= 15 is 0 Å². The Hall–Kier alpha value is -1.88. The van der Waals surface area contributed by atoms with E-state index in [0.29, 0.717) is 6.04 Å². The van der Waals surface area contributed by atoms with E-state index in [1.54, 1.807) is 12.5 Å². The van der Waals surface area contributed by atoms with Gasteiger partial charge >= 0.3 is 0 Å². The highest BCUT2D eigenvalue weighted by atomic mass is 35.5.